The van der Waals surface area contributed by atoms with Gasteiger partial charge < -0.3 is 0 Å². The van der Waals surface area contributed by atoms with Crippen LogP contribution in [0.3, 0.4) is 0 Å². The third-order valence-corrected chi connectivity index (χ3v) is 2.91. The highest BCUT2D eigenvalue weighted by atomic mass is 35.5. The first-order chi connectivity index (χ1) is 5.86. The molecule has 0 N–H and O–H groups in total. The Morgan fingerprint density at radius 1 is 0.917 bits per heavy atom. The minimum absolute atomic E-state index is 0.842. The first-order valence-electron chi connectivity index (χ1n) is 3.67. The molecule has 0 saturated carbocycles. The lowest BCUT2D eigenvalue weighted by molar-refractivity contribution is 1.70. The van der Waals surface area contributed by atoms with Crippen LogP contribution in [0.25, 0.3) is 10.4 Å². The Morgan fingerprint density at radius 2 is 1.67 bits per heavy atom. The first kappa shape index (κ1) is 7.84. The molecular formula is C10H7ClS. The molecule has 1 heterocycles. The molecule has 0 amide bonds. The van der Waals surface area contributed by atoms with E-state index in [2.05, 4.69) is 12.1 Å². The average Bonchev–Trinajstić information content (AvgIpc) is 2.54. The average molecular weight is 195 g/mol. The van der Waals surface area contributed by atoms with Gasteiger partial charge in [0.1, 0.15) is 0 Å². The Labute approximate surface area is 80.4 Å². The van der Waals surface area contributed by atoms with Gasteiger partial charge in [0, 0.05) is 4.88 Å². The maximum absolute atomic E-state index is 5.83. The van der Waals surface area contributed by atoms with Gasteiger partial charge in [-0.15, -0.1) is 11.3 Å². The van der Waals surface area contributed by atoms with Crippen LogP contribution in [0.4, 0.5) is 0 Å². The van der Waals surface area contributed by atoms with E-state index in [0.29, 0.717) is 0 Å². The summed E-state index contributed by atoms with van der Waals surface area (Å²) in [5, 5.41) is 0. The number of hydrogen-bond acceptors (Lipinski definition) is 1. The van der Waals surface area contributed by atoms with Crippen molar-refractivity contribution < 1.29 is 0 Å². The zero-order chi connectivity index (χ0) is 8.39. The molecule has 2 heteroatoms. The fraction of sp³-hybridized carbons (Fsp3) is 0. The van der Waals surface area contributed by atoms with Crippen molar-refractivity contribution in [1.82, 2.24) is 0 Å². The second kappa shape index (κ2) is 3.30. The Bertz CT molecular complexity index is 364. The van der Waals surface area contributed by atoms with Gasteiger partial charge in [-0.05, 0) is 17.7 Å². The Balaban J connectivity index is 2.45. The topological polar surface area (TPSA) is 0 Å². The maximum Gasteiger partial charge on any atom is 0.0934 e. The van der Waals surface area contributed by atoms with Gasteiger partial charge in [-0.3, -0.25) is 0 Å². The summed E-state index contributed by atoms with van der Waals surface area (Å²) in [5.74, 6) is 0. The van der Waals surface area contributed by atoms with Crippen molar-refractivity contribution in [3.8, 4) is 10.4 Å². The van der Waals surface area contributed by atoms with Crippen LogP contribution in [0.15, 0.2) is 42.5 Å². The molecule has 0 spiro atoms. The summed E-state index contributed by atoms with van der Waals surface area (Å²) in [6.45, 7) is 0. The lowest BCUT2D eigenvalue weighted by Crippen LogP contribution is -1.67. The normalized spacial score (nSPS) is 10.1. The van der Waals surface area contributed by atoms with Crippen molar-refractivity contribution in [2.45, 2.75) is 0 Å². The van der Waals surface area contributed by atoms with Gasteiger partial charge in [0.2, 0.25) is 0 Å². The first-order valence-corrected chi connectivity index (χ1v) is 4.86. The molecule has 0 fully saturated rings. The minimum atomic E-state index is 0.842. The molecule has 2 rings (SSSR count). The molecule has 0 aliphatic carbocycles. The molecule has 0 aliphatic heterocycles. The van der Waals surface area contributed by atoms with Gasteiger partial charge in [0.25, 0.3) is 0 Å². The van der Waals surface area contributed by atoms with Crippen molar-refractivity contribution >= 4 is 22.9 Å². The van der Waals surface area contributed by atoms with E-state index in [-0.39, 0.29) is 0 Å². The summed E-state index contributed by atoms with van der Waals surface area (Å²) >= 11 is 7.44. The Hall–Kier alpha value is -0.790. The van der Waals surface area contributed by atoms with Crippen LogP contribution < -0.4 is 0 Å². The second-order valence-corrected chi connectivity index (χ2v) is 4.18. The molecular weight excluding hydrogens is 188 g/mol. The maximum atomic E-state index is 5.83. The van der Waals surface area contributed by atoms with Gasteiger partial charge in [0.15, 0.2) is 0 Å². The molecule has 0 saturated heterocycles. The summed E-state index contributed by atoms with van der Waals surface area (Å²) < 4.78 is 0.842. The van der Waals surface area contributed by atoms with Crippen LogP contribution in [0.2, 0.25) is 4.34 Å². The monoisotopic (exact) mass is 194 g/mol. The van der Waals surface area contributed by atoms with Crippen LogP contribution in [0.1, 0.15) is 0 Å². The van der Waals surface area contributed by atoms with Crippen LogP contribution in [-0.4, -0.2) is 0 Å². The third kappa shape index (κ3) is 1.52. The standard InChI is InChI=1S/C10H7ClS/c11-10-7-6-9(12-10)8-4-2-1-3-5-8/h1-7H. The van der Waals surface area contributed by atoms with Crippen molar-refractivity contribution in [2.24, 2.45) is 0 Å². The van der Waals surface area contributed by atoms with Gasteiger partial charge >= 0.3 is 0 Å². The highest BCUT2D eigenvalue weighted by Crippen LogP contribution is 2.30. The molecule has 0 nitrogen and oxygen atoms in total. The van der Waals surface area contributed by atoms with Gasteiger partial charge in [-0.25, -0.2) is 0 Å². The van der Waals surface area contributed by atoms with Crippen molar-refractivity contribution in [1.29, 1.82) is 0 Å². The molecule has 1 aromatic heterocycles. The molecule has 60 valence electrons. The highest BCUT2D eigenvalue weighted by molar-refractivity contribution is 7.19. The molecule has 12 heavy (non-hydrogen) atoms. The summed E-state index contributed by atoms with van der Waals surface area (Å²) in [6, 6.07) is 14.2. The van der Waals surface area contributed by atoms with E-state index < -0.39 is 0 Å². The van der Waals surface area contributed by atoms with Crippen LogP contribution in [-0.2, 0) is 0 Å². The number of hydrogen-bond donors (Lipinski definition) is 0. The zero-order valence-electron chi connectivity index (χ0n) is 6.33. The van der Waals surface area contributed by atoms with E-state index in [1.807, 2.05) is 30.3 Å². The fourth-order valence-corrected chi connectivity index (χ4v) is 2.12. The highest BCUT2D eigenvalue weighted by Gasteiger charge is 1.98. The van der Waals surface area contributed by atoms with E-state index in [1.54, 1.807) is 11.3 Å². The molecule has 0 radical (unpaired) electrons. The fourth-order valence-electron chi connectivity index (χ4n) is 1.07. The largest absolute Gasteiger partial charge is 0.123 e. The molecule has 0 atom stereocenters. The van der Waals surface area contributed by atoms with E-state index >= 15 is 0 Å². The smallest absolute Gasteiger partial charge is 0.0934 e. The summed E-state index contributed by atoms with van der Waals surface area (Å²) in [6.07, 6.45) is 0. The van der Waals surface area contributed by atoms with Gasteiger partial charge in [0.05, 0.1) is 4.34 Å². The van der Waals surface area contributed by atoms with Crippen LogP contribution in [0.5, 0.6) is 0 Å². The van der Waals surface area contributed by atoms with Crippen molar-refractivity contribution in [3.05, 3.63) is 46.8 Å². The number of benzene rings is 1. The van der Waals surface area contributed by atoms with E-state index in [1.165, 1.54) is 10.4 Å². The Kier molecular flexibility index (Phi) is 2.15. The summed E-state index contributed by atoms with van der Waals surface area (Å²) in [7, 11) is 0. The predicted molar refractivity (Wildman–Crippen MR) is 54.8 cm³/mol. The zero-order valence-corrected chi connectivity index (χ0v) is 7.90. The molecule has 0 bridgehead atoms. The van der Waals surface area contributed by atoms with Crippen LogP contribution in [0, 0.1) is 0 Å². The van der Waals surface area contributed by atoms with Gasteiger partial charge in [-0.1, -0.05) is 41.9 Å². The van der Waals surface area contributed by atoms with E-state index in [9.17, 15) is 0 Å². The third-order valence-electron chi connectivity index (χ3n) is 1.63. The molecule has 0 unspecified atom stereocenters. The Morgan fingerprint density at radius 3 is 2.25 bits per heavy atom. The predicted octanol–water partition coefficient (Wildman–Crippen LogP) is 4.07. The van der Waals surface area contributed by atoms with E-state index in [4.69, 9.17) is 11.6 Å². The van der Waals surface area contributed by atoms with Crippen LogP contribution >= 0.6 is 22.9 Å². The quantitative estimate of drug-likeness (QED) is 0.642. The SMILES string of the molecule is Clc1ccc(-c2ccccc2)s1. The molecule has 2 aromatic rings. The lowest BCUT2D eigenvalue weighted by Gasteiger charge is -1.93. The van der Waals surface area contributed by atoms with Crippen molar-refractivity contribution in [2.75, 3.05) is 0 Å². The summed E-state index contributed by atoms with van der Waals surface area (Å²) in [5.41, 5.74) is 1.23. The molecule has 0 aliphatic rings. The summed E-state index contributed by atoms with van der Waals surface area (Å²) in [4.78, 5) is 1.22. The number of thiophene rings is 1. The van der Waals surface area contributed by atoms with E-state index in [0.717, 1.165) is 4.34 Å². The second-order valence-electron chi connectivity index (χ2n) is 2.47. The van der Waals surface area contributed by atoms with Gasteiger partial charge in [-0.2, -0.15) is 0 Å². The number of halogens is 1. The minimum Gasteiger partial charge on any atom is -0.123 e. The van der Waals surface area contributed by atoms with Crippen molar-refractivity contribution in [3.63, 3.8) is 0 Å². The molecule has 1 aromatic carbocycles. The number of rotatable bonds is 1. The lowest BCUT2D eigenvalue weighted by atomic mass is 10.2.